The van der Waals surface area contributed by atoms with Crippen LogP contribution in [0.25, 0.3) is 0 Å². The lowest BCUT2D eigenvalue weighted by Gasteiger charge is -2.22. The average molecular weight is 545 g/mol. The molecule has 3 atom stereocenters. The maximum Gasteiger partial charge on any atom is 0.317 e. The molecule has 0 bridgehead atoms. The first-order valence-corrected chi connectivity index (χ1v) is 15.9. The lowest BCUT2D eigenvalue weighted by molar-refractivity contribution is 0.207. The van der Waals surface area contributed by atoms with Crippen LogP contribution >= 0.6 is 0 Å². The molecular weight excluding hydrogens is 504 g/mol. The first kappa shape index (κ1) is 26.5. The quantitative estimate of drug-likeness (QED) is 0.315. The van der Waals surface area contributed by atoms with Crippen LogP contribution in [0.5, 0.6) is 0 Å². The number of hydrogen-bond acceptors (Lipinski definition) is 3. The van der Waals surface area contributed by atoms with Crippen molar-refractivity contribution in [3.63, 3.8) is 0 Å². The van der Waals surface area contributed by atoms with E-state index in [0.29, 0.717) is 37.2 Å². The maximum absolute atomic E-state index is 13.5. The van der Waals surface area contributed by atoms with Crippen molar-refractivity contribution < 1.29 is 9.35 Å². The van der Waals surface area contributed by atoms with Crippen molar-refractivity contribution in [2.45, 2.75) is 87.6 Å². The highest BCUT2D eigenvalue weighted by Crippen LogP contribution is 2.46. The van der Waals surface area contributed by atoms with E-state index in [9.17, 15) is 9.35 Å². The van der Waals surface area contributed by atoms with Gasteiger partial charge in [0.15, 0.2) is 4.90 Å². The number of carbonyl (C=O) groups is 1. The summed E-state index contributed by atoms with van der Waals surface area (Å²) in [5.41, 5.74) is 6.28. The number of urea groups is 1. The Balaban J connectivity index is 1.23. The smallest absolute Gasteiger partial charge is 0.317 e. The monoisotopic (exact) mass is 544 g/mol. The molecule has 3 fully saturated rings. The summed E-state index contributed by atoms with van der Waals surface area (Å²) in [7, 11) is 0. The number of likely N-dealkylation sites (tertiary alicyclic amines) is 1. The molecule has 206 valence electrons. The summed E-state index contributed by atoms with van der Waals surface area (Å²) >= 11 is -0.965. The van der Waals surface area contributed by atoms with Crippen molar-refractivity contribution in [2.75, 3.05) is 18.8 Å². The van der Waals surface area contributed by atoms with Crippen molar-refractivity contribution in [3.8, 4) is 0 Å². The number of hydrogen-bond donors (Lipinski definition) is 1. The lowest BCUT2D eigenvalue weighted by atomic mass is 9.85. The molecule has 2 aliphatic carbocycles. The summed E-state index contributed by atoms with van der Waals surface area (Å²) in [5.74, 6) is 2.35. The summed E-state index contributed by atoms with van der Waals surface area (Å²) in [6.07, 6.45) is 5.03. The predicted molar refractivity (Wildman–Crippen MR) is 156 cm³/mol. The van der Waals surface area contributed by atoms with Gasteiger partial charge in [-0.05, 0) is 98.4 Å². The summed E-state index contributed by atoms with van der Waals surface area (Å²) in [6.45, 7) is 8.16. The van der Waals surface area contributed by atoms with Crippen LogP contribution in [0.15, 0.2) is 59.5 Å². The molecule has 3 aromatic rings. The first-order chi connectivity index (χ1) is 18.9. The number of nitrogens with zero attached hydrogens (tertiary/aromatic N) is 3. The zero-order valence-electron chi connectivity index (χ0n) is 23.3. The first-order valence-electron chi connectivity index (χ1n) is 14.6. The van der Waals surface area contributed by atoms with Gasteiger partial charge >= 0.3 is 6.03 Å². The number of nitrogens with one attached hydrogen (secondary N) is 1. The molecule has 1 aliphatic heterocycles. The van der Waals surface area contributed by atoms with E-state index in [1.54, 1.807) is 0 Å². The summed E-state index contributed by atoms with van der Waals surface area (Å²) in [5, 5.41) is 8.19. The number of aromatic nitrogens is 2. The predicted octanol–water partition coefficient (Wildman–Crippen LogP) is 6.44. The van der Waals surface area contributed by atoms with Crippen LogP contribution in [0, 0.1) is 0 Å². The molecule has 1 N–H and O–H groups in total. The second-order valence-electron chi connectivity index (χ2n) is 11.8. The highest BCUT2D eigenvalue weighted by atomic mass is 32.2. The Hall–Kier alpha value is -2.77. The molecule has 2 heterocycles. The molecule has 2 aromatic carbocycles. The SMILES string of the molecule is CC[S+]([O-])c1ccc(CNC(=O)N2CC(c3cccc(C4CC4)c3)C(c3cc(C4CC4)nn3C(C)C)C2)cc1. The number of amides is 2. The molecule has 2 amide bonds. The number of rotatable bonds is 9. The average Bonchev–Trinajstić information content (AvgIpc) is 3.89. The normalized spacial score (nSPS) is 21.9. The lowest BCUT2D eigenvalue weighted by Crippen LogP contribution is -2.38. The van der Waals surface area contributed by atoms with Crippen molar-refractivity contribution in [2.24, 2.45) is 0 Å². The zero-order valence-corrected chi connectivity index (χ0v) is 24.1. The fourth-order valence-corrected chi connectivity index (χ4v) is 6.75. The molecule has 6 rings (SSSR count). The minimum absolute atomic E-state index is 0.0277. The molecule has 3 aliphatic rings. The molecule has 0 radical (unpaired) electrons. The standard InChI is InChI=1S/C32H40N4O2S/c1-4-39(38)27-14-8-22(9-15-27)18-33-32(37)35-19-28(26-7-5-6-25(16-26)23-10-11-23)29(20-35)31-17-30(24-12-13-24)34-36(31)21(2)3/h5-9,14-17,21,23-24,28-29H,4,10-13,18-20H2,1-3H3,(H,33,37). The van der Waals surface area contributed by atoms with E-state index in [1.165, 1.54) is 48.2 Å². The van der Waals surface area contributed by atoms with Crippen LogP contribution in [0.2, 0.25) is 0 Å². The van der Waals surface area contributed by atoms with Gasteiger partial charge in [-0.3, -0.25) is 4.68 Å². The van der Waals surface area contributed by atoms with Gasteiger partial charge in [0.1, 0.15) is 5.75 Å². The van der Waals surface area contributed by atoms with Crippen LogP contribution in [0.3, 0.4) is 0 Å². The molecule has 1 saturated heterocycles. The largest absolute Gasteiger partial charge is 0.611 e. The van der Waals surface area contributed by atoms with E-state index in [4.69, 9.17) is 5.10 Å². The van der Waals surface area contributed by atoms with E-state index in [1.807, 2.05) is 36.1 Å². The van der Waals surface area contributed by atoms with Crippen molar-refractivity contribution in [3.05, 3.63) is 82.7 Å². The number of benzene rings is 2. The van der Waals surface area contributed by atoms with E-state index in [0.717, 1.165) is 10.5 Å². The van der Waals surface area contributed by atoms with Crippen LogP contribution in [0.1, 0.15) is 104 Å². The van der Waals surface area contributed by atoms with Gasteiger partial charge in [-0.15, -0.1) is 0 Å². The maximum atomic E-state index is 13.5. The molecule has 3 unspecified atom stereocenters. The van der Waals surface area contributed by atoms with Crippen LogP contribution in [-0.2, 0) is 17.7 Å². The van der Waals surface area contributed by atoms with Crippen LogP contribution in [-0.4, -0.2) is 44.1 Å². The second-order valence-corrected chi connectivity index (χ2v) is 13.5. The topological polar surface area (TPSA) is 73.2 Å². The van der Waals surface area contributed by atoms with Gasteiger partial charge in [-0.1, -0.05) is 36.4 Å². The van der Waals surface area contributed by atoms with Gasteiger partial charge in [-0.2, -0.15) is 5.10 Å². The highest BCUT2D eigenvalue weighted by Gasteiger charge is 2.40. The van der Waals surface area contributed by atoms with Gasteiger partial charge in [0.05, 0.1) is 5.69 Å². The van der Waals surface area contributed by atoms with Gasteiger partial charge in [-0.25, -0.2) is 4.79 Å². The van der Waals surface area contributed by atoms with E-state index >= 15 is 0 Å². The molecular formula is C32H40N4O2S. The fourth-order valence-electron chi connectivity index (χ4n) is 5.98. The van der Waals surface area contributed by atoms with Crippen molar-refractivity contribution in [1.29, 1.82) is 0 Å². The van der Waals surface area contributed by atoms with E-state index in [2.05, 4.69) is 54.2 Å². The Morgan fingerprint density at radius 1 is 1.00 bits per heavy atom. The summed E-state index contributed by atoms with van der Waals surface area (Å²) in [4.78, 5) is 16.3. The summed E-state index contributed by atoms with van der Waals surface area (Å²) < 4.78 is 14.3. The third-order valence-electron chi connectivity index (χ3n) is 8.54. The Bertz CT molecular complexity index is 1310. The van der Waals surface area contributed by atoms with Crippen molar-refractivity contribution >= 4 is 17.2 Å². The Morgan fingerprint density at radius 3 is 2.36 bits per heavy atom. The third-order valence-corrected chi connectivity index (χ3v) is 9.86. The van der Waals surface area contributed by atoms with E-state index < -0.39 is 11.2 Å². The Labute approximate surface area is 235 Å². The molecule has 39 heavy (non-hydrogen) atoms. The Kier molecular flexibility index (Phi) is 7.47. The summed E-state index contributed by atoms with van der Waals surface area (Å²) in [6, 6.07) is 19.4. The van der Waals surface area contributed by atoms with Gasteiger partial charge < -0.3 is 14.8 Å². The van der Waals surface area contributed by atoms with Crippen molar-refractivity contribution in [1.82, 2.24) is 20.0 Å². The van der Waals surface area contributed by atoms with Gasteiger partial charge in [0, 0.05) is 49.1 Å². The van der Waals surface area contributed by atoms with Gasteiger partial charge in [0.2, 0.25) is 0 Å². The molecule has 2 saturated carbocycles. The Morgan fingerprint density at radius 2 is 1.69 bits per heavy atom. The highest BCUT2D eigenvalue weighted by molar-refractivity contribution is 7.91. The van der Waals surface area contributed by atoms with Crippen LogP contribution < -0.4 is 5.32 Å². The number of carbonyl (C=O) groups excluding carboxylic acids is 1. The minimum Gasteiger partial charge on any atom is -0.611 e. The van der Waals surface area contributed by atoms with Crippen LogP contribution in [0.4, 0.5) is 4.79 Å². The molecule has 0 spiro atoms. The second kappa shape index (κ2) is 11.0. The van der Waals surface area contributed by atoms with E-state index in [-0.39, 0.29) is 23.9 Å². The van der Waals surface area contributed by atoms with Gasteiger partial charge in [0.25, 0.3) is 0 Å². The molecule has 7 heteroatoms. The molecule has 1 aromatic heterocycles. The zero-order chi connectivity index (χ0) is 27.1. The fraction of sp³-hybridized carbons (Fsp3) is 0.500. The molecule has 6 nitrogen and oxygen atoms in total. The third kappa shape index (κ3) is 5.75. The minimum atomic E-state index is -0.965.